The zero-order valence-corrected chi connectivity index (χ0v) is 10.6. The summed E-state index contributed by atoms with van der Waals surface area (Å²) in [6.45, 7) is 5.60. The van der Waals surface area contributed by atoms with Gasteiger partial charge in [-0.2, -0.15) is 0 Å². The van der Waals surface area contributed by atoms with Crippen LogP contribution in [0.15, 0.2) is 49.2 Å². The van der Waals surface area contributed by atoms with Crippen molar-refractivity contribution in [1.82, 2.24) is 9.80 Å². The first-order valence-electron chi connectivity index (χ1n) is 5.46. The summed E-state index contributed by atoms with van der Waals surface area (Å²) in [4.78, 5) is 15.0. The van der Waals surface area contributed by atoms with Crippen molar-refractivity contribution < 1.29 is 4.79 Å². The Bertz CT molecular complexity index is 421. The van der Waals surface area contributed by atoms with E-state index in [0.717, 1.165) is 11.3 Å². The van der Waals surface area contributed by atoms with E-state index < -0.39 is 0 Å². The van der Waals surface area contributed by atoms with Gasteiger partial charge in [-0.05, 0) is 12.5 Å². The highest BCUT2D eigenvalue weighted by molar-refractivity contribution is 5.86. The van der Waals surface area contributed by atoms with Crippen molar-refractivity contribution >= 4 is 11.7 Å². The quantitative estimate of drug-likeness (QED) is 0.782. The maximum absolute atomic E-state index is 12.0. The first-order valence-corrected chi connectivity index (χ1v) is 5.46. The summed E-state index contributed by atoms with van der Waals surface area (Å²) in [7, 11) is 3.44. The molecule has 0 aliphatic rings. The van der Waals surface area contributed by atoms with E-state index in [0.29, 0.717) is 0 Å². The fraction of sp³-hybridized carbons (Fsp3) is 0.214. The molecule has 0 fully saturated rings. The van der Waals surface area contributed by atoms with Gasteiger partial charge in [-0.25, -0.2) is 4.79 Å². The highest BCUT2D eigenvalue weighted by Crippen LogP contribution is 2.20. The second-order valence-electron chi connectivity index (χ2n) is 3.77. The van der Waals surface area contributed by atoms with Crippen LogP contribution >= 0.6 is 0 Å². The Morgan fingerprint density at radius 1 is 1.24 bits per heavy atom. The van der Waals surface area contributed by atoms with Gasteiger partial charge in [-0.15, -0.1) is 0 Å². The van der Waals surface area contributed by atoms with Crippen molar-refractivity contribution in [1.29, 1.82) is 0 Å². The first kappa shape index (κ1) is 13.0. The van der Waals surface area contributed by atoms with Gasteiger partial charge in [0.15, 0.2) is 0 Å². The van der Waals surface area contributed by atoms with Gasteiger partial charge in [0, 0.05) is 20.3 Å². The van der Waals surface area contributed by atoms with Crippen LogP contribution in [0.3, 0.4) is 0 Å². The molecule has 0 aromatic heterocycles. The predicted molar refractivity (Wildman–Crippen MR) is 71.2 cm³/mol. The van der Waals surface area contributed by atoms with Crippen molar-refractivity contribution in [2.24, 2.45) is 0 Å². The molecule has 3 heteroatoms. The third-order valence-electron chi connectivity index (χ3n) is 2.37. The number of hydrogen-bond donors (Lipinski definition) is 0. The molecule has 2 amide bonds. The minimum Gasteiger partial charge on any atom is -0.330 e. The Kier molecular flexibility index (Phi) is 4.52. The molecule has 0 spiro atoms. The molecule has 0 aliphatic heterocycles. The van der Waals surface area contributed by atoms with Crippen molar-refractivity contribution in [3.8, 4) is 0 Å². The molecule has 1 rings (SSSR count). The average Bonchev–Trinajstić information content (AvgIpc) is 2.35. The Balaban J connectivity index is 3.10. The number of rotatable bonds is 3. The van der Waals surface area contributed by atoms with Crippen LogP contribution in [0, 0.1) is 0 Å². The van der Waals surface area contributed by atoms with Crippen LogP contribution in [-0.2, 0) is 0 Å². The Hall–Kier alpha value is -2.03. The van der Waals surface area contributed by atoms with Gasteiger partial charge >= 0.3 is 6.03 Å². The van der Waals surface area contributed by atoms with Crippen LogP contribution in [0.5, 0.6) is 0 Å². The van der Waals surface area contributed by atoms with Crippen LogP contribution in [0.25, 0.3) is 5.70 Å². The zero-order valence-electron chi connectivity index (χ0n) is 10.6. The number of nitrogens with zero attached hydrogens (tertiary/aromatic N) is 2. The average molecular weight is 230 g/mol. The second-order valence-corrected chi connectivity index (χ2v) is 3.77. The van der Waals surface area contributed by atoms with E-state index in [1.165, 1.54) is 16.0 Å². The number of carbonyl (C=O) groups is 1. The monoisotopic (exact) mass is 230 g/mol. The smallest absolute Gasteiger partial charge is 0.328 e. The van der Waals surface area contributed by atoms with E-state index in [1.807, 2.05) is 43.3 Å². The topological polar surface area (TPSA) is 23.6 Å². The molecule has 0 atom stereocenters. The fourth-order valence-corrected chi connectivity index (χ4v) is 1.55. The van der Waals surface area contributed by atoms with E-state index in [4.69, 9.17) is 0 Å². The normalized spacial score (nSPS) is 10.9. The molecule has 0 N–H and O–H groups in total. The van der Waals surface area contributed by atoms with Gasteiger partial charge in [0.1, 0.15) is 0 Å². The van der Waals surface area contributed by atoms with Crippen molar-refractivity contribution in [2.45, 2.75) is 6.92 Å². The number of carbonyl (C=O) groups excluding carboxylic acids is 1. The third-order valence-corrected chi connectivity index (χ3v) is 2.37. The number of urea groups is 1. The summed E-state index contributed by atoms with van der Waals surface area (Å²) in [6, 6.07) is 9.66. The molecule has 0 radical (unpaired) electrons. The van der Waals surface area contributed by atoms with Crippen LogP contribution in [0.2, 0.25) is 0 Å². The molecular weight excluding hydrogens is 212 g/mol. The summed E-state index contributed by atoms with van der Waals surface area (Å²) in [5.74, 6) is 0. The van der Waals surface area contributed by atoms with Gasteiger partial charge in [0.05, 0.1) is 5.70 Å². The van der Waals surface area contributed by atoms with Crippen LogP contribution in [0.4, 0.5) is 4.79 Å². The standard InChI is InChI=1S/C14H18N2O/c1-5-13(12-10-8-7-9-11-12)16(6-2)14(17)15(3)4/h5-11H,2H2,1,3-4H3/b13-5+. The van der Waals surface area contributed by atoms with Crippen molar-refractivity contribution in [3.05, 3.63) is 54.8 Å². The minimum absolute atomic E-state index is 0.114. The summed E-state index contributed by atoms with van der Waals surface area (Å²) >= 11 is 0. The van der Waals surface area contributed by atoms with Crippen LogP contribution in [0.1, 0.15) is 12.5 Å². The zero-order chi connectivity index (χ0) is 12.8. The summed E-state index contributed by atoms with van der Waals surface area (Å²) < 4.78 is 0. The molecule has 0 unspecified atom stereocenters. The lowest BCUT2D eigenvalue weighted by Crippen LogP contribution is -2.34. The SMILES string of the molecule is C=CN(C(=O)N(C)C)/C(=C/C)c1ccccc1. The van der Waals surface area contributed by atoms with E-state index in [9.17, 15) is 4.79 Å². The van der Waals surface area contributed by atoms with Gasteiger partial charge in [-0.1, -0.05) is 43.0 Å². The van der Waals surface area contributed by atoms with Crippen LogP contribution < -0.4 is 0 Å². The maximum Gasteiger partial charge on any atom is 0.328 e. The molecular formula is C14H18N2O. The number of allylic oxidation sites excluding steroid dienone is 1. The Morgan fingerprint density at radius 2 is 1.82 bits per heavy atom. The maximum atomic E-state index is 12.0. The van der Waals surface area contributed by atoms with Crippen molar-refractivity contribution in [2.75, 3.05) is 14.1 Å². The van der Waals surface area contributed by atoms with E-state index in [2.05, 4.69) is 6.58 Å². The van der Waals surface area contributed by atoms with E-state index >= 15 is 0 Å². The third kappa shape index (κ3) is 2.97. The highest BCUT2D eigenvalue weighted by atomic mass is 16.2. The second kappa shape index (κ2) is 5.89. The van der Waals surface area contributed by atoms with Gasteiger partial charge in [0.2, 0.25) is 0 Å². The van der Waals surface area contributed by atoms with Crippen LogP contribution in [-0.4, -0.2) is 29.9 Å². The summed E-state index contributed by atoms with van der Waals surface area (Å²) in [5.41, 5.74) is 1.82. The number of amides is 2. The predicted octanol–water partition coefficient (Wildman–Crippen LogP) is 3.17. The molecule has 0 saturated carbocycles. The van der Waals surface area contributed by atoms with E-state index in [1.54, 1.807) is 14.1 Å². The largest absolute Gasteiger partial charge is 0.330 e. The van der Waals surface area contributed by atoms with Gasteiger partial charge in [-0.3, -0.25) is 4.90 Å². The lowest BCUT2D eigenvalue weighted by atomic mass is 10.1. The fourth-order valence-electron chi connectivity index (χ4n) is 1.55. The Morgan fingerprint density at radius 3 is 2.24 bits per heavy atom. The summed E-state index contributed by atoms with van der Waals surface area (Å²) in [5, 5.41) is 0. The molecule has 0 bridgehead atoms. The number of benzene rings is 1. The number of hydrogen-bond acceptors (Lipinski definition) is 1. The molecule has 3 nitrogen and oxygen atoms in total. The molecule has 90 valence electrons. The minimum atomic E-state index is -0.114. The van der Waals surface area contributed by atoms with Gasteiger partial charge in [0.25, 0.3) is 0 Å². The molecule has 0 saturated heterocycles. The molecule has 1 aromatic rings. The first-order chi connectivity index (χ1) is 8.11. The Labute approximate surface area is 103 Å². The lowest BCUT2D eigenvalue weighted by molar-refractivity contribution is 0.202. The van der Waals surface area contributed by atoms with Crippen molar-refractivity contribution in [3.63, 3.8) is 0 Å². The molecule has 17 heavy (non-hydrogen) atoms. The lowest BCUT2D eigenvalue weighted by Gasteiger charge is -2.25. The van der Waals surface area contributed by atoms with E-state index in [-0.39, 0.29) is 6.03 Å². The highest BCUT2D eigenvalue weighted by Gasteiger charge is 2.17. The van der Waals surface area contributed by atoms with Gasteiger partial charge < -0.3 is 4.90 Å². The molecule has 1 aromatic carbocycles. The molecule has 0 aliphatic carbocycles. The molecule has 0 heterocycles. The summed E-state index contributed by atoms with van der Waals surface area (Å²) in [6.07, 6.45) is 3.43.